The summed E-state index contributed by atoms with van der Waals surface area (Å²) in [6.45, 7) is 2.69. The maximum absolute atomic E-state index is 12.3. The van der Waals surface area contributed by atoms with Crippen LogP contribution in [0.3, 0.4) is 0 Å². The third kappa shape index (κ3) is 4.13. The molecule has 2 heterocycles. The molecule has 0 atom stereocenters. The second-order valence-electron chi connectivity index (χ2n) is 4.27. The van der Waals surface area contributed by atoms with Crippen molar-refractivity contribution in [1.82, 2.24) is 10.0 Å². The third-order valence-electron chi connectivity index (χ3n) is 2.68. The molecule has 0 bridgehead atoms. The number of rotatable bonds is 7. The van der Waals surface area contributed by atoms with Crippen molar-refractivity contribution in [2.24, 2.45) is 0 Å². The second-order valence-corrected chi connectivity index (χ2v) is 7.96. The van der Waals surface area contributed by atoms with Crippen LogP contribution in [0.2, 0.25) is 0 Å². The lowest BCUT2D eigenvalue weighted by molar-refractivity contribution is 0.0954. The van der Waals surface area contributed by atoms with Gasteiger partial charge in [-0.2, -0.15) is 0 Å². The fourth-order valence-corrected chi connectivity index (χ4v) is 4.73. The van der Waals surface area contributed by atoms with E-state index in [2.05, 4.69) is 10.0 Å². The summed E-state index contributed by atoms with van der Waals surface area (Å²) in [7, 11) is -3.69. The van der Waals surface area contributed by atoms with E-state index in [-0.39, 0.29) is 22.2 Å². The molecule has 0 spiro atoms. The maximum atomic E-state index is 12.3. The molecule has 0 radical (unpaired) electrons. The van der Waals surface area contributed by atoms with Gasteiger partial charge in [-0.3, -0.25) is 4.79 Å². The topological polar surface area (TPSA) is 75.3 Å². The minimum Gasteiger partial charge on any atom is -0.351 e. The fourth-order valence-electron chi connectivity index (χ4n) is 1.65. The molecule has 2 N–H and O–H groups in total. The van der Waals surface area contributed by atoms with Crippen molar-refractivity contribution in [1.29, 1.82) is 0 Å². The molecule has 0 saturated heterocycles. The van der Waals surface area contributed by atoms with E-state index >= 15 is 0 Å². The first-order valence-electron chi connectivity index (χ1n) is 6.42. The lowest BCUT2D eigenvalue weighted by Crippen LogP contribution is -2.28. The number of sulfonamides is 1. The number of thiophene rings is 2. The van der Waals surface area contributed by atoms with E-state index in [1.54, 1.807) is 5.38 Å². The quantitative estimate of drug-likeness (QED) is 0.810. The summed E-state index contributed by atoms with van der Waals surface area (Å²) >= 11 is 2.61. The van der Waals surface area contributed by atoms with Crippen molar-refractivity contribution in [2.75, 3.05) is 6.54 Å². The summed E-state index contributed by atoms with van der Waals surface area (Å²) in [4.78, 5) is 13.2. The molecule has 0 fully saturated rings. The first-order valence-corrected chi connectivity index (χ1v) is 9.66. The molecule has 2 aromatic rings. The van der Waals surface area contributed by atoms with Gasteiger partial charge in [-0.25, -0.2) is 13.1 Å². The van der Waals surface area contributed by atoms with Crippen molar-refractivity contribution < 1.29 is 13.2 Å². The average molecular weight is 344 g/mol. The number of carbonyl (C=O) groups is 1. The molecule has 8 heteroatoms. The highest BCUT2D eigenvalue weighted by Crippen LogP contribution is 2.22. The lowest BCUT2D eigenvalue weighted by atomic mass is 10.4. The molecule has 5 nitrogen and oxygen atoms in total. The molecule has 2 rings (SSSR count). The van der Waals surface area contributed by atoms with Crippen molar-refractivity contribution >= 4 is 38.6 Å². The molecule has 21 heavy (non-hydrogen) atoms. The Morgan fingerprint density at radius 2 is 2.05 bits per heavy atom. The van der Waals surface area contributed by atoms with Crippen molar-refractivity contribution in [3.8, 4) is 0 Å². The van der Waals surface area contributed by atoms with Crippen LogP contribution >= 0.6 is 22.7 Å². The zero-order chi connectivity index (χ0) is 15.3. The van der Waals surface area contributed by atoms with Crippen LogP contribution in [-0.2, 0) is 16.6 Å². The van der Waals surface area contributed by atoms with Crippen LogP contribution in [0.1, 0.15) is 27.9 Å². The highest BCUT2D eigenvalue weighted by atomic mass is 32.2. The van der Waals surface area contributed by atoms with Gasteiger partial charge in [-0.05, 0) is 29.3 Å². The van der Waals surface area contributed by atoms with Gasteiger partial charge in [-0.1, -0.05) is 13.0 Å². The fraction of sp³-hybridized carbons (Fsp3) is 0.308. The Kier molecular flexibility index (Phi) is 5.51. The zero-order valence-electron chi connectivity index (χ0n) is 11.5. The van der Waals surface area contributed by atoms with Gasteiger partial charge in [0, 0.05) is 18.0 Å². The molecule has 114 valence electrons. The van der Waals surface area contributed by atoms with E-state index in [4.69, 9.17) is 0 Å². The minimum atomic E-state index is -3.69. The summed E-state index contributed by atoms with van der Waals surface area (Å²) in [5, 5.41) is 6.20. The second kappa shape index (κ2) is 7.17. The summed E-state index contributed by atoms with van der Waals surface area (Å²) in [5.41, 5.74) is 0. The molecular weight excluding hydrogens is 328 g/mol. The maximum Gasteiger partial charge on any atom is 0.262 e. The van der Waals surface area contributed by atoms with Crippen molar-refractivity contribution in [3.63, 3.8) is 0 Å². The third-order valence-corrected chi connectivity index (χ3v) is 6.04. The smallest absolute Gasteiger partial charge is 0.262 e. The molecular formula is C13H16N2O3S3. The Bertz CT molecular complexity index is 690. The molecule has 0 saturated carbocycles. The molecule has 0 aliphatic rings. The largest absolute Gasteiger partial charge is 0.351 e. The van der Waals surface area contributed by atoms with E-state index in [1.807, 2.05) is 24.4 Å². The van der Waals surface area contributed by atoms with Crippen LogP contribution < -0.4 is 10.0 Å². The van der Waals surface area contributed by atoms with Gasteiger partial charge in [0.05, 0.1) is 0 Å². The van der Waals surface area contributed by atoms with Crippen LogP contribution in [0.5, 0.6) is 0 Å². The van der Waals surface area contributed by atoms with Crippen LogP contribution in [0, 0.1) is 0 Å². The lowest BCUT2D eigenvalue weighted by Gasteiger charge is -2.07. The average Bonchev–Trinajstić information content (AvgIpc) is 3.13. The van der Waals surface area contributed by atoms with Gasteiger partial charge < -0.3 is 5.32 Å². The van der Waals surface area contributed by atoms with E-state index in [0.29, 0.717) is 6.54 Å². The van der Waals surface area contributed by atoms with Crippen molar-refractivity contribution in [2.45, 2.75) is 24.8 Å². The van der Waals surface area contributed by atoms with Gasteiger partial charge in [0.2, 0.25) is 10.0 Å². The van der Waals surface area contributed by atoms with E-state index < -0.39 is 10.0 Å². The zero-order valence-corrected chi connectivity index (χ0v) is 13.9. The van der Waals surface area contributed by atoms with E-state index in [9.17, 15) is 13.2 Å². The first kappa shape index (κ1) is 16.2. The highest BCUT2D eigenvalue weighted by molar-refractivity contribution is 7.89. The van der Waals surface area contributed by atoms with Gasteiger partial charge in [0.25, 0.3) is 5.91 Å². The van der Waals surface area contributed by atoms with Crippen LogP contribution in [0.4, 0.5) is 0 Å². The molecule has 0 unspecified atom stereocenters. The number of carbonyl (C=O) groups excluding carboxylic acids is 1. The Morgan fingerprint density at radius 3 is 2.71 bits per heavy atom. The SMILES string of the molecule is CCCNC(=O)c1sccc1S(=O)(=O)NCc1cccs1. The van der Waals surface area contributed by atoms with E-state index in [0.717, 1.165) is 22.6 Å². The Morgan fingerprint density at radius 1 is 1.24 bits per heavy atom. The van der Waals surface area contributed by atoms with Gasteiger partial charge in [-0.15, -0.1) is 22.7 Å². The molecule has 0 aliphatic carbocycles. The van der Waals surface area contributed by atoms with Crippen molar-refractivity contribution in [3.05, 3.63) is 38.7 Å². The molecule has 0 aliphatic heterocycles. The molecule has 1 amide bonds. The van der Waals surface area contributed by atoms with Crippen LogP contribution in [0.25, 0.3) is 0 Å². The van der Waals surface area contributed by atoms with Gasteiger partial charge in [0.1, 0.15) is 9.77 Å². The Hall–Kier alpha value is -1.22. The highest BCUT2D eigenvalue weighted by Gasteiger charge is 2.23. The number of amides is 1. The summed E-state index contributed by atoms with van der Waals surface area (Å²) in [6, 6.07) is 5.18. The number of hydrogen-bond acceptors (Lipinski definition) is 5. The summed E-state index contributed by atoms with van der Waals surface area (Å²) in [5.74, 6) is -0.344. The monoisotopic (exact) mass is 344 g/mol. The Labute approximate surface area is 132 Å². The molecule has 0 aromatic carbocycles. The number of nitrogens with one attached hydrogen (secondary N) is 2. The van der Waals surface area contributed by atoms with Gasteiger partial charge in [0.15, 0.2) is 0 Å². The number of hydrogen-bond donors (Lipinski definition) is 2. The standard InChI is InChI=1S/C13H16N2O3S3/c1-2-6-14-13(16)12-11(5-8-20-12)21(17,18)15-9-10-4-3-7-19-10/h3-5,7-8,15H,2,6,9H2,1H3,(H,14,16). The molecule has 2 aromatic heterocycles. The minimum absolute atomic E-state index is 0.0395. The predicted octanol–water partition coefficient (Wildman–Crippen LogP) is 2.43. The first-order chi connectivity index (χ1) is 10.0. The normalized spacial score (nSPS) is 11.5. The summed E-state index contributed by atoms with van der Waals surface area (Å²) < 4.78 is 27.1. The van der Waals surface area contributed by atoms with E-state index in [1.165, 1.54) is 17.4 Å². The van der Waals surface area contributed by atoms with Crippen LogP contribution in [0.15, 0.2) is 33.9 Å². The summed E-state index contributed by atoms with van der Waals surface area (Å²) in [6.07, 6.45) is 0.801. The Balaban J connectivity index is 2.13. The van der Waals surface area contributed by atoms with Gasteiger partial charge >= 0.3 is 0 Å². The van der Waals surface area contributed by atoms with Crippen LogP contribution in [-0.4, -0.2) is 20.9 Å². The predicted molar refractivity (Wildman–Crippen MR) is 85.3 cm³/mol.